The van der Waals surface area contributed by atoms with Gasteiger partial charge in [-0.15, -0.1) is 0 Å². The van der Waals surface area contributed by atoms with Crippen molar-refractivity contribution in [3.8, 4) is 0 Å². The minimum absolute atomic E-state index is 0.358. The lowest BCUT2D eigenvalue weighted by Gasteiger charge is -2.20. The van der Waals surface area contributed by atoms with Crippen LogP contribution in [0.15, 0.2) is 42.7 Å². The van der Waals surface area contributed by atoms with E-state index in [1.54, 1.807) is 12.4 Å². The number of carbonyl (C=O) groups is 1. The highest BCUT2D eigenvalue weighted by atomic mass is 16.7. The third kappa shape index (κ3) is 4.25. The van der Waals surface area contributed by atoms with Gasteiger partial charge in [-0.3, -0.25) is 4.84 Å². The molecule has 0 saturated heterocycles. The van der Waals surface area contributed by atoms with Crippen molar-refractivity contribution in [2.45, 2.75) is 19.9 Å². The van der Waals surface area contributed by atoms with Crippen molar-refractivity contribution < 1.29 is 9.63 Å². The summed E-state index contributed by atoms with van der Waals surface area (Å²) >= 11 is 0. The standard InChI is InChI=1S/C15H18N4O2/c1-3-14-16-9-13(10-17-14)18-15(20)19(21-2)11-12-7-5-4-6-8-12/h4-10H,3,11H2,1-2H3,(H,18,20). The molecule has 1 N–H and O–H groups in total. The molecule has 6 heteroatoms. The SMILES string of the molecule is CCc1ncc(NC(=O)N(Cc2ccccc2)OC)cn1. The fourth-order valence-electron chi connectivity index (χ4n) is 1.76. The summed E-state index contributed by atoms with van der Waals surface area (Å²) in [5.41, 5.74) is 1.51. The third-order valence-electron chi connectivity index (χ3n) is 2.89. The van der Waals surface area contributed by atoms with Gasteiger partial charge < -0.3 is 5.32 Å². The van der Waals surface area contributed by atoms with Crippen molar-refractivity contribution in [2.75, 3.05) is 12.4 Å². The van der Waals surface area contributed by atoms with Crippen molar-refractivity contribution in [1.82, 2.24) is 15.0 Å². The molecule has 0 unspecified atom stereocenters. The Morgan fingerprint density at radius 3 is 2.48 bits per heavy atom. The van der Waals surface area contributed by atoms with Crippen LogP contribution < -0.4 is 5.32 Å². The number of hydroxylamine groups is 2. The van der Waals surface area contributed by atoms with Crippen molar-refractivity contribution in [3.63, 3.8) is 0 Å². The van der Waals surface area contributed by atoms with E-state index in [1.807, 2.05) is 37.3 Å². The Labute approximate surface area is 123 Å². The Hall–Kier alpha value is -2.47. The van der Waals surface area contributed by atoms with E-state index in [9.17, 15) is 4.79 Å². The molecular weight excluding hydrogens is 268 g/mol. The maximum atomic E-state index is 12.1. The van der Waals surface area contributed by atoms with Crippen LogP contribution in [-0.2, 0) is 17.8 Å². The van der Waals surface area contributed by atoms with E-state index in [1.165, 1.54) is 12.2 Å². The smallest absolute Gasteiger partial charge is 0.303 e. The Bertz CT molecular complexity index is 572. The van der Waals surface area contributed by atoms with Crippen LogP contribution >= 0.6 is 0 Å². The Kier molecular flexibility index (Phi) is 5.22. The molecule has 0 aliphatic rings. The monoisotopic (exact) mass is 286 g/mol. The molecule has 0 aliphatic carbocycles. The zero-order chi connectivity index (χ0) is 15.1. The van der Waals surface area contributed by atoms with E-state index in [0.29, 0.717) is 12.2 Å². The highest BCUT2D eigenvalue weighted by molar-refractivity contribution is 5.88. The van der Waals surface area contributed by atoms with Crippen LogP contribution in [-0.4, -0.2) is 28.2 Å². The maximum absolute atomic E-state index is 12.1. The molecule has 0 fully saturated rings. The second-order valence-electron chi connectivity index (χ2n) is 4.38. The van der Waals surface area contributed by atoms with Crippen LogP contribution in [0.4, 0.5) is 10.5 Å². The molecule has 0 atom stereocenters. The van der Waals surface area contributed by atoms with Gasteiger partial charge in [0.1, 0.15) is 5.82 Å². The lowest BCUT2D eigenvalue weighted by molar-refractivity contribution is -0.0886. The first-order valence-corrected chi connectivity index (χ1v) is 6.70. The zero-order valence-corrected chi connectivity index (χ0v) is 12.1. The normalized spacial score (nSPS) is 10.2. The predicted octanol–water partition coefficient (Wildman–Crippen LogP) is 2.63. The quantitative estimate of drug-likeness (QED) is 0.858. The largest absolute Gasteiger partial charge is 0.346 e. The van der Waals surface area contributed by atoms with E-state index in [-0.39, 0.29) is 6.03 Å². The number of hydrogen-bond acceptors (Lipinski definition) is 4. The van der Waals surface area contributed by atoms with Gasteiger partial charge in [0.15, 0.2) is 0 Å². The maximum Gasteiger partial charge on any atom is 0.346 e. The molecule has 2 amide bonds. The van der Waals surface area contributed by atoms with E-state index in [4.69, 9.17) is 4.84 Å². The number of amides is 2. The number of anilines is 1. The number of benzene rings is 1. The fraction of sp³-hybridized carbons (Fsp3) is 0.267. The van der Waals surface area contributed by atoms with Gasteiger partial charge in [-0.05, 0) is 5.56 Å². The molecule has 110 valence electrons. The average molecular weight is 286 g/mol. The summed E-state index contributed by atoms with van der Waals surface area (Å²) < 4.78 is 0. The van der Waals surface area contributed by atoms with Gasteiger partial charge in [0.25, 0.3) is 0 Å². The topological polar surface area (TPSA) is 67.4 Å². The van der Waals surface area contributed by atoms with Crippen LogP contribution in [0.1, 0.15) is 18.3 Å². The number of nitrogens with one attached hydrogen (secondary N) is 1. The van der Waals surface area contributed by atoms with Gasteiger partial charge in [-0.1, -0.05) is 37.3 Å². The number of rotatable bonds is 5. The minimum atomic E-state index is -0.366. The first-order chi connectivity index (χ1) is 10.2. The summed E-state index contributed by atoms with van der Waals surface area (Å²) in [7, 11) is 1.46. The zero-order valence-electron chi connectivity index (χ0n) is 12.1. The summed E-state index contributed by atoms with van der Waals surface area (Å²) in [6, 6.07) is 9.25. The van der Waals surface area contributed by atoms with Gasteiger partial charge >= 0.3 is 6.03 Å². The lowest BCUT2D eigenvalue weighted by atomic mass is 10.2. The molecule has 1 aromatic carbocycles. The predicted molar refractivity (Wildman–Crippen MR) is 79.4 cm³/mol. The first kappa shape index (κ1) is 14.9. The van der Waals surface area contributed by atoms with Crippen molar-refractivity contribution >= 4 is 11.7 Å². The molecule has 2 rings (SSSR count). The van der Waals surface area contributed by atoms with Crippen LogP contribution in [0.25, 0.3) is 0 Å². The van der Waals surface area contributed by atoms with Gasteiger partial charge in [-0.25, -0.2) is 14.8 Å². The number of aryl methyl sites for hydroxylation is 1. The van der Waals surface area contributed by atoms with Gasteiger partial charge in [0.05, 0.1) is 31.7 Å². The molecule has 1 aromatic heterocycles. The van der Waals surface area contributed by atoms with Crippen molar-refractivity contribution in [1.29, 1.82) is 0 Å². The van der Waals surface area contributed by atoms with Crippen LogP contribution in [0.2, 0.25) is 0 Å². The second-order valence-corrected chi connectivity index (χ2v) is 4.38. The Morgan fingerprint density at radius 1 is 1.24 bits per heavy atom. The molecule has 0 saturated carbocycles. The van der Waals surface area contributed by atoms with E-state index in [2.05, 4.69) is 15.3 Å². The van der Waals surface area contributed by atoms with E-state index < -0.39 is 0 Å². The van der Waals surface area contributed by atoms with Gasteiger partial charge in [-0.2, -0.15) is 5.06 Å². The highest BCUT2D eigenvalue weighted by Crippen LogP contribution is 2.09. The Morgan fingerprint density at radius 2 is 1.90 bits per heavy atom. The van der Waals surface area contributed by atoms with Gasteiger partial charge in [0, 0.05) is 6.42 Å². The van der Waals surface area contributed by atoms with Crippen LogP contribution in [0.5, 0.6) is 0 Å². The van der Waals surface area contributed by atoms with E-state index >= 15 is 0 Å². The molecule has 2 aromatic rings. The molecule has 0 aliphatic heterocycles. The number of hydrogen-bond donors (Lipinski definition) is 1. The van der Waals surface area contributed by atoms with Crippen LogP contribution in [0.3, 0.4) is 0 Å². The highest BCUT2D eigenvalue weighted by Gasteiger charge is 2.14. The summed E-state index contributed by atoms with van der Waals surface area (Å²) in [6.45, 7) is 2.33. The molecule has 21 heavy (non-hydrogen) atoms. The lowest BCUT2D eigenvalue weighted by Crippen LogP contribution is -2.33. The minimum Gasteiger partial charge on any atom is -0.303 e. The van der Waals surface area contributed by atoms with Crippen molar-refractivity contribution in [2.24, 2.45) is 0 Å². The molecule has 0 spiro atoms. The fourth-order valence-corrected chi connectivity index (χ4v) is 1.76. The Balaban J connectivity index is 1.99. The van der Waals surface area contributed by atoms with E-state index in [0.717, 1.165) is 17.8 Å². The molecule has 0 radical (unpaired) electrons. The van der Waals surface area contributed by atoms with Crippen LogP contribution in [0, 0.1) is 0 Å². The number of aromatic nitrogens is 2. The number of urea groups is 1. The molecule has 1 heterocycles. The molecular formula is C15H18N4O2. The summed E-state index contributed by atoms with van der Waals surface area (Å²) in [5, 5.41) is 3.94. The molecule has 0 bridgehead atoms. The van der Waals surface area contributed by atoms with Gasteiger partial charge in [0.2, 0.25) is 0 Å². The number of nitrogens with zero attached hydrogens (tertiary/aromatic N) is 3. The summed E-state index contributed by atoms with van der Waals surface area (Å²) in [4.78, 5) is 25.5. The average Bonchev–Trinajstić information content (AvgIpc) is 2.54. The van der Waals surface area contributed by atoms with Crippen molar-refractivity contribution in [3.05, 3.63) is 54.1 Å². The summed E-state index contributed by atoms with van der Waals surface area (Å²) in [6.07, 6.45) is 3.92. The summed E-state index contributed by atoms with van der Waals surface area (Å²) in [5.74, 6) is 0.737. The molecule has 6 nitrogen and oxygen atoms in total. The second kappa shape index (κ2) is 7.35. The number of carbonyl (C=O) groups excluding carboxylic acids is 1. The third-order valence-corrected chi connectivity index (χ3v) is 2.89. The first-order valence-electron chi connectivity index (χ1n) is 6.70.